The van der Waals surface area contributed by atoms with E-state index in [1.54, 1.807) is 12.1 Å². The molecule has 2 aliphatic rings. The van der Waals surface area contributed by atoms with Crippen LogP contribution in [0.4, 0.5) is 4.39 Å². The maximum atomic E-state index is 14.4. The molecule has 0 radical (unpaired) electrons. The third kappa shape index (κ3) is 1.51. The topological polar surface area (TPSA) is 44.5 Å². The number of rotatable bonds is 2. The lowest BCUT2D eigenvalue weighted by Crippen LogP contribution is -2.42. The van der Waals surface area contributed by atoms with Gasteiger partial charge in [0.25, 0.3) is 0 Å². The van der Waals surface area contributed by atoms with Crippen LogP contribution in [0.3, 0.4) is 0 Å². The third-order valence-corrected chi connectivity index (χ3v) is 3.92. The summed E-state index contributed by atoms with van der Waals surface area (Å²) in [5.74, 6) is 0.477. The van der Waals surface area contributed by atoms with Gasteiger partial charge in [0.15, 0.2) is 17.3 Å². The third-order valence-electron chi connectivity index (χ3n) is 3.92. The minimum atomic E-state index is -0.285. The molecule has 0 unspecified atom stereocenters. The van der Waals surface area contributed by atoms with Crippen molar-refractivity contribution >= 4 is 0 Å². The van der Waals surface area contributed by atoms with Crippen LogP contribution in [0.25, 0.3) is 0 Å². The van der Waals surface area contributed by atoms with Gasteiger partial charge in [0.1, 0.15) is 13.2 Å². The van der Waals surface area contributed by atoms with Gasteiger partial charge >= 0.3 is 0 Å². The molecule has 17 heavy (non-hydrogen) atoms. The fourth-order valence-corrected chi connectivity index (χ4v) is 2.68. The molecule has 3 rings (SSSR count). The van der Waals surface area contributed by atoms with Crippen molar-refractivity contribution in [2.75, 3.05) is 19.8 Å². The van der Waals surface area contributed by atoms with E-state index >= 15 is 0 Å². The summed E-state index contributed by atoms with van der Waals surface area (Å²) >= 11 is 0. The first kappa shape index (κ1) is 10.8. The van der Waals surface area contributed by atoms with Crippen LogP contribution in [0.15, 0.2) is 12.1 Å². The number of fused-ring (bicyclic) bond motifs is 1. The first-order valence-corrected chi connectivity index (χ1v) is 6.05. The van der Waals surface area contributed by atoms with E-state index in [0.717, 1.165) is 19.3 Å². The quantitative estimate of drug-likeness (QED) is 0.855. The average Bonchev–Trinajstić information content (AvgIpc) is 2.31. The molecular formula is C13H16FNO2. The lowest BCUT2D eigenvalue weighted by atomic mass is 9.64. The number of nitrogens with two attached hydrogens (primary N) is 1. The van der Waals surface area contributed by atoms with Crippen LogP contribution >= 0.6 is 0 Å². The second-order valence-corrected chi connectivity index (χ2v) is 4.79. The van der Waals surface area contributed by atoms with Gasteiger partial charge in [0.05, 0.1) is 0 Å². The largest absolute Gasteiger partial charge is 0.486 e. The molecule has 0 saturated heterocycles. The van der Waals surface area contributed by atoms with Crippen LogP contribution in [0, 0.1) is 5.82 Å². The molecule has 0 bridgehead atoms. The van der Waals surface area contributed by atoms with Gasteiger partial charge in [-0.2, -0.15) is 0 Å². The minimum Gasteiger partial charge on any atom is -0.486 e. The van der Waals surface area contributed by atoms with Gasteiger partial charge < -0.3 is 15.2 Å². The molecule has 3 nitrogen and oxygen atoms in total. The first-order chi connectivity index (χ1) is 8.27. The van der Waals surface area contributed by atoms with Crippen LogP contribution in [0.1, 0.15) is 24.8 Å². The van der Waals surface area contributed by atoms with E-state index < -0.39 is 0 Å². The molecule has 0 spiro atoms. The van der Waals surface area contributed by atoms with Crippen LogP contribution < -0.4 is 15.2 Å². The van der Waals surface area contributed by atoms with E-state index in [0.29, 0.717) is 31.1 Å². The number of hydrogen-bond donors (Lipinski definition) is 1. The van der Waals surface area contributed by atoms with E-state index in [2.05, 4.69) is 0 Å². The Balaban J connectivity index is 2.06. The van der Waals surface area contributed by atoms with Gasteiger partial charge in [0.2, 0.25) is 0 Å². The number of benzene rings is 1. The molecule has 1 aliphatic carbocycles. The predicted octanol–water partition coefficient (Wildman–Crippen LogP) is 1.98. The highest BCUT2D eigenvalue weighted by molar-refractivity contribution is 5.48. The standard InChI is InChI=1S/C13H16FNO2/c14-11-9(13(8-15)4-1-5-13)2-3-10-12(11)17-7-6-16-10/h2-3H,1,4-8,15H2. The van der Waals surface area contributed by atoms with Crippen molar-refractivity contribution in [2.45, 2.75) is 24.7 Å². The lowest BCUT2D eigenvalue weighted by molar-refractivity contribution is 0.160. The Morgan fingerprint density at radius 3 is 2.65 bits per heavy atom. The van der Waals surface area contributed by atoms with Crippen LogP contribution in [-0.2, 0) is 5.41 Å². The zero-order chi connectivity index (χ0) is 11.9. The molecule has 2 N–H and O–H groups in total. The molecule has 4 heteroatoms. The number of ether oxygens (including phenoxy) is 2. The van der Waals surface area contributed by atoms with Crippen molar-refractivity contribution in [3.63, 3.8) is 0 Å². The Labute approximate surface area is 99.7 Å². The SMILES string of the molecule is NCC1(c2ccc3c(c2F)OCCO3)CCC1. The Kier molecular flexibility index (Phi) is 2.47. The van der Waals surface area contributed by atoms with Crippen LogP contribution in [0.2, 0.25) is 0 Å². The summed E-state index contributed by atoms with van der Waals surface area (Å²) in [6, 6.07) is 3.59. The van der Waals surface area contributed by atoms with Crippen molar-refractivity contribution in [1.29, 1.82) is 0 Å². The molecular weight excluding hydrogens is 221 g/mol. The van der Waals surface area contributed by atoms with Gasteiger partial charge in [-0.1, -0.05) is 12.5 Å². The molecule has 1 aromatic carbocycles. The Morgan fingerprint density at radius 1 is 1.24 bits per heavy atom. The minimum absolute atomic E-state index is 0.181. The maximum absolute atomic E-state index is 14.4. The van der Waals surface area contributed by atoms with Gasteiger partial charge in [-0.25, -0.2) is 4.39 Å². The molecule has 0 aromatic heterocycles. The highest BCUT2D eigenvalue weighted by atomic mass is 19.1. The summed E-state index contributed by atoms with van der Waals surface area (Å²) < 4.78 is 25.1. The summed E-state index contributed by atoms with van der Waals surface area (Å²) in [7, 11) is 0. The van der Waals surface area contributed by atoms with Gasteiger partial charge in [-0.05, 0) is 24.5 Å². The van der Waals surface area contributed by atoms with E-state index in [4.69, 9.17) is 15.2 Å². The molecule has 1 aliphatic heterocycles. The Bertz CT molecular complexity index is 438. The Hall–Kier alpha value is -1.29. The fourth-order valence-electron chi connectivity index (χ4n) is 2.68. The van der Waals surface area contributed by atoms with E-state index in [1.165, 1.54) is 0 Å². The monoisotopic (exact) mass is 237 g/mol. The zero-order valence-electron chi connectivity index (χ0n) is 9.67. The molecule has 0 amide bonds. The van der Waals surface area contributed by atoms with Crippen LogP contribution in [0.5, 0.6) is 11.5 Å². The average molecular weight is 237 g/mol. The van der Waals surface area contributed by atoms with Crippen molar-refractivity contribution < 1.29 is 13.9 Å². The zero-order valence-corrected chi connectivity index (χ0v) is 9.67. The number of hydrogen-bond acceptors (Lipinski definition) is 3. The van der Waals surface area contributed by atoms with Gasteiger partial charge in [0, 0.05) is 12.0 Å². The van der Waals surface area contributed by atoms with Gasteiger partial charge in [-0.15, -0.1) is 0 Å². The molecule has 0 atom stereocenters. The highest BCUT2D eigenvalue weighted by Gasteiger charge is 2.40. The van der Waals surface area contributed by atoms with E-state index in [9.17, 15) is 4.39 Å². The van der Waals surface area contributed by atoms with Crippen molar-refractivity contribution in [3.05, 3.63) is 23.5 Å². The first-order valence-electron chi connectivity index (χ1n) is 6.05. The van der Waals surface area contributed by atoms with Crippen LogP contribution in [-0.4, -0.2) is 19.8 Å². The normalized spacial score (nSPS) is 20.8. The molecule has 1 fully saturated rings. The molecule has 1 saturated carbocycles. The van der Waals surface area contributed by atoms with E-state index in [-0.39, 0.29) is 17.0 Å². The fraction of sp³-hybridized carbons (Fsp3) is 0.538. The molecule has 1 heterocycles. The second-order valence-electron chi connectivity index (χ2n) is 4.79. The Morgan fingerprint density at radius 2 is 2.00 bits per heavy atom. The smallest absolute Gasteiger partial charge is 0.197 e. The van der Waals surface area contributed by atoms with Crippen molar-refractivity contribution in [2.24, 2.45) is 5.73 Å². The summed E-state index contributed by atoms with van der Waals surface area (Å²) in [4.78, 5) is 0. The van der Waals surface area contributed by atoms with Crippen molar-refractivity contribution in [1.82, 2.24) is 0 Å². The highest BCUT2D eigenvalue weighted by Crippen LogP contribution is 2.47. The van der Waals surface area contributed by atoms with E-state index in [1.807, 2.05) is 0 Å². The summed E-state index contributed by atoms with van der Waals surface area (Å²) in [5.41, 5.74) is 6.32. The van der Waals surface area contributed by atoms with Gasteiger partial charge in [-0.3, -0.25) is 0 Å². The predicted molar refractivity (Wildman–Crippen MR) is 62.0 cm³/mol. The van der Waals surface area contributed by atoms with Crippen molar-refractivity contribution in [3.8, 4) is 11.5 Å². The number of halogens is 1. The molecule has 1 aromatic rings. The molecule has 92 valence electrons. The summed E-state index contributed by atoms with van der Waals surface area (Å²) in [5, 5.41) is 0. The lowest BCUT2D eigenvalue weighted by Gasteiger charge is -2.42. The second kappa shape index (κ2) is 3.88. The maximum Gasteiger partial charge on any atom is 0.197 e. The summed E-state index contributed by atoms with van der Waals surface area (Å²) in [6.45, 7) is 1.38. The summed E-state index contributed by atoms with van der Waals surface area (Å²) in [6.07, 6.45) is 3.03.